The van der Waals surface area contributed by atoms with Gasteiger partial charge in [0.25, 0.3) is 5.60 Å². The number of anilines is 1. The van der Waals surface area contributed by atoms with Gasteiger partial charge >= 0.3 is 12.4 Å². The fraction of sp³-hybridized carbons (Fsp3) is 0.400. The summed E-state index contributed by atoms with van der Waals surface area (Å²) in [6, 6.07) is 1.81. The van der Waals surface area contributed by atoms with Gasteiger partial charge in [-0.15, -0.1) is 0 Å². The Kier molecular flexibility index (Phi) is 5.12. The van der Waals surface area contributed by atoms with E-state index in [9.17, 15) is 26.3 Å². The Bertz CT molecular complexity index is 500. The average Bonchev–Trinajstić information content (AvgIpc) is 2.26. The third-order valence-electron chi connectivity index (χ3n) is 2.61. The molecule has 0 saturated heterocycles. The van der Waals surface area contributed by atoms with E-state index in [1.54, 1.807) is 22.6 Å². The zero-order chi connectivity index (χ0) is 15.9. The van der Waals surface area contributed by atoms with Gasteiger partial charge in [0, 0.05) is 19.8 Å². The summed E-state index contributed by atoms with van der Waals surface area (Å²) in [6.07, 6.45) is -11.4. The number of benzene rings is 1. The first-order valence-corrected chi connectivity index (χ1v) is 6.98. The first kappa shape index (κ1) is 18.1. The van der Waals surface area contributed by atoms with Gasteiger partial charge in [-0.25, -0.2) is 0 Å². The van der Waals surface area contributed by atoms with Crippen LogP contribution in [0, 0.1) is 7.14 Å². The van der Waals surface area contributed by atoms with Gasteiger partial charge in [-0.3, -0.25) is 0 Å². The van der Waals surface area contributed by atoms with E-state index in [-0.39, 0.29) is 9.26 Å². The topological polar surface area (TPSA) is 35.2 Å². The molecule has 2 nitrogen and oxygen atoms in total. The molecule has 2 N–H and O–H groups in total. The van der Waals surface area contributed by atoms with Crippen LogP contribution in [-0.2, 0) is 10.3 Å². The van der Waals surface area contributed by atoms with Crippen LogP contribution in [0.4, 0.5) is 32.0 Å². The highest BCUT2D eigenvalue weighted by Crippen LogP contribution is 2.54. The Hall–Kier alpha value is 0.0200. The summed E-state index contributed by atoms with van der Waals surface area (Å²) in [5.74, 6) is 0. The number of methoxy groups -OCH3 is 1. The minimum Gasteiger partial charge on any atom is -0.397 e. The average molecular weight is 525 g/mol. The molecule has 114 valence electrons. The van der Waals surface area contributed by atoms with Gasteiger partial charge in [-0.2, -0.15) is 26.3 Å². The quantitative estimate of drug-likeness (QED) is 0.353. The number of rotatable bonds is 2. The van der Waals surface area contributed by atoms with Crippen LogP contribution in [0.1, 0.15) is 5.56 Å². The molecule has 1 rings (SSSR count). The third kappa shape index (κ3) is 2.69. The molecular weight excluding hydrogens is 518 g/mol. The third-order valence-corrected chi connectivity index (χ3v) is 4.71. The van der Waals surface area contributed by atoms with Crippen molar-refractivity contribution in [2.45, 2.75) is 18.0 Å². The van der Waals surface area contributed by atoms with Crippen LogP contribution < -0.4 is 5.73 Å². The molecule has 20 heavy (non-hydrogen) atoms. The van der Waals surface area contributed by atoms with Gasteiger partial charge < -0.3 is 10.5 Å². The molecule has 0 heterocycles. The molecular formula is C10H7F6I2NO. The van der Waals surface area contributed by atoms with Gasteiger partial charge in [0.05, 0.1) is 5.69 Å². The lowest BCUT2D eigenvalue weighted by Gasteiger charge is -2.37. The molecule has 0 aliphatic heterocycles. The van der Waals surface area contributed by atoms with Gasteiger partial charge in [0.1, 0.15) is 0 Å². The molecule has 1 aromatic rings. The molecule has 0 aliphatic carbocycles. The molecule has 0 unspecified atom stereocenters. The number of hydrogen-bond donors (Lipinski definition) is 1. The Balaban J connectivity index is 3.77. The number of nitrogen functional groups attached to an aromatic ring is 1. The summed E-state index contributed by atoms with van der Waals surface area (Å²) in [5.41, 5.74) is -0.117. The second kappa shape index (κ2) is 5.66. The standard InChI is InChI=1S/C10H7F6I2NO/c1-20-8(9(11,12)13,10(14,15)16)4-2-3-5(17)7(19)6(4)18/h2-3H,19H2,1H3. The Morgan fingerprint density at radius 3 is 1.80 bits per heavy atom. The normalized spacial score (nSPS) is 13.7. The van der Waals surface area contributed by atoms with Crippen molar-refractivity contribution in [3.63, 3.8) is 0 Å². The highest BCUT2D eigenvalue weighted by molar-refractivity contribution is 14.1. The van der Waals surface area contributed by atoms with Gasteiger partial charge in [-0.1, -0.05) is 6.07 Å². The Labute approximate surface area is 137 Å². The minimum absolute atomic E-state index is 0.154. The lowest BCUT2D eigenvalue weighted by Crippen LogP contribution is -2.55. The van der Waals surface area contributed by atoms with Gasteiger partial charge in [0.2, 0.25) is 0 Å². The second-order valence-corrected chi connectivity index (χ2v) is 5.94. The molecule has 0 bridgehead atoms. The van der Waals surface area contributed by atoms with E-state index >= 15 is 0 Å². The molecule has 0 aliphatic rings. The van der Waals surface area contributed by atoms with E-state index in [1.807, 2.05) is 0 Å². The predicted octanol–water partition coefficient (Wildman–Crippen LogP) is 4.44. The van der Waals surface area contributed by atoms with Crippen molar-refractivity contribution in [2.75, 3.05) is 12.8 Å². The summed E-state index contributed by atoms with van der Waals surface area (Å²) >= 11 is 3.06. The number of nitrogens with two attached hydrogens (primary N) is 1. The number of ether oxygens (including phenoxy) is 1. The number of alkyl halides is 6. The van der Waals surface area contributed by atoms with Crippen LogP contribution in [0.25, 0.3) is 0 Å². The minimum atomic E-state index is -5.68. The first-order chi connectivity index (χ1) is 8.90. The monoisotopic (exact) mass is 525 g/mol. The van der Waals surface area contributed by atoms with Crippen LogP contribution in [0.3, 0.4) is 0 Å². The van der Waals surface area contributed by atoms with Crippen LogP contribution in [0.5, 0.6) is 0 Å². The maximum absolute atomic E-state index is 13.1. The lowest BCUT2D eigenvalue weighted by molar-refractivity contribution is -0.383. The zero-order valence-electron chi connectivity index (χ0n) is 9.66. The van der Waals surface area contributed by atoms with Crippen molar-refractivity contribution in [1.82, 2.24) is 0 Å². The van der Waals surface area contributed by atoms with Gasteiger partial charge in [0.15, 0.2) is 0 Å². The van der Waals surface area contributed by atoms with E-state index < -0.39 is 23.5 Å². The fourth-order valence-electron chi connectivity index (χ4n) is 1.65. The van der Waals surface area contributed by atoms with E-state index in [1.165, 1.54) is 22.6 Å². The smallest absolute Gasteiger partial charge is 0.397 e. The molecule has 1 aromatic carbocycles. The van der Waals surface area contributed by atoms with Crippen molar-refractivity contribution >= 4 is 50.9 Å². The summed E-state index contributed by atoms with van der Waals surface area (Å²) in [6.45, 7) is 0. The van der Waals surface area contributed by atoms with Crippen LogP contribution in [-0.4, -0.2) is 19.5 Å². The van der Waals surface area contributed by atoms with Crippen LogP contribution >= 0.6 is 45.2 Å². The first-order valence-electron chi connectivity index (χ1n) is 4.82. The SMILES string of the molecule is COC(c1ccc(I)c(N)c1I)(C(F)(F)F)C(F)(F)F. The van der Waals surface area contributed by atoms with Gasteiger partial charge in [-0.05, 0) is 51.2 Å². The number of hydrogen-bond acceptors (Lipinski definition) is 2. The molecule has 0 spiro atoms. The van der Waals surface area contributed by atoms with Crippen LogP contribution in [0.15, 0.2) is 12.1 Å². The molecule has 0 amide bonds. The fourth-order valence-corrected chi connectivity index (χ4v) is 3.46. The summed E-state index contributed by atoms with van der Waals surface area (Å²) in [4.78, 5) is 0. The van der Waals surface area contributed by atoms with Crippen molar-refractivity contribution in [3.05, 3.63) is 24.8 Å². The van der Waals surface area contributed by atoms with E-state index in [2.05, 4.69) is 4.74 Å². The van der Waals surface area contributed by atoms with Crippen molar-refractivity contribution in [1.29, 1.82) is 0 Å². The molecule has 0 fully saturated rings. The maximum Gasteiger partial charge on any atom is 0.430 e. The van der Waals surface area contributed by atoms with Crippen LogP contribution in [0.2, 0.25) is 0 Å². The Morgan fingerprint density at radius 2 is 1.45 bits per heavy atom. The maximum atomic E-state index is 13.1. The highest BCUT2D eigenvalue weighted by atomic mass is 127. The second-order valence-electron chi connectivity index (χ2n) is 3.70. The van der Waals surface area contributed by atoms with Crippen molar-refractivity contribution in [2.24, 2.45) is 0 Å². The molecule has 0 saturated carbocycles. The summed E-state index contributed by atoms with van der Waals surface area (Å²) in [5, 5.41) is 0. The largest absolute Gasteiger partial charge is 0.430 e. The zero-order valence-corrected chi connectivity index (χ0v) is 14.0. The highest BCUT2D eigenvalue weighted by Gasteiger charge is 2.73. The summed E-state index contributed by atoms with van der Waals surface area (Å²) < 4.78 is 82.4. The lowest BCUT2D eigenvalue weighted by atomic mass is 9.91. The predicted molar refractivity (Wildman–Crippen MR) is 77.1 cm³/mol. The molecule has 0 atom stereocenters. The Morgan fingerprint density at radius 1 is 1.00 bits per heavy atom. The molecule has 10 heteroatoms. The van der Waals surface area contributed by atoms with E-state index in [0.29, 0.717) is 10.7 Å². The van der Waals surface area contributed by atoms with E-state index in [0.717, 1.165) is 12.1 Å². The molecule has 0 radical (unpaired) electrons. The van der Waals surface area contributed by atoms with Crippen molar-refractivity contribution in [3.8, 4) is 0 Å². The summed E-state index contributed by atoms with van der Waals surface area (Å²) in [7, 11) is 0.366. The van der Waals surface area contributed by atoms with E-state index in [4.69, 9.17) is 5.73 Å². The number of halogens is 8. The molecule has 0 aromatic heterocycles. The van der Waals surface area contributed by atoms with Crippen molar-refractivity contribution < 1.29 is 31.1 Å².